The molecule has 156 valence electrons. The normalized spacial score (nSPS) is 18.4. The van der Waals surface area contributed by atoms with E-state index in [2.05, 4.69) is 0 Å². The molecule has 0 amide bonds. The molecule has 0 radical (unpaired) electrons. The number of benzene rings is 1. The Balaban J connectivity index is 2.50. The van der Waals surface area contributed by atoms with E-state index in [1.54, 1.807) is 41.2 Å². The van der Waals surface area contributed by atoms with Crippen molar-refractivity contribution in [2.45, 2.75) is 26.3 Å². The summed E-state index contributed by atoms with van der Waals surface area (Å²) in [5, 5.41) is 0. The second-order valence-corrected chi connectivity index (χ2v) is 6.61. The van der Waals surface area contributed by atoms with E-state index in [9.17, 15) is 9.59 Å². The third-order valence-electron chi connectivity index (χ3n) is 5.02. The van der Waals surface area contributed by atoms with Crippen LogP contribution in [0.25, 0.3) is 0 Å². The third-order valence-corrected chi connectivity index (χ3v) is 5.02. The molecule has 1 atom stereocenters. The van der Waals surface area contributed by atoms with Crippen LogP contribution in [0.2, 0.25) is 0 Å². The maximum atomic E-state index is 12.8. The number of carbonyl (C=O) groups is 2. The predicted octanol–water partition coefficient (Wildman–Crippen LogP) is 2.20. The van der Waals surface area contributed by atoms with E-state index < -0.39 is 17.4 Å². The fraction of sp³-hybridized carbons (Fsp3) is 0.600. The molecule has 1 aliphatic heterocycles. The van der Waals surface area contributed by atoms with Crippen LogP contribution in [0.15, 0.2) is 12.1 Å². The van der Waals surface area contributed by atoms with Crippen LogP contribution < -0.4 is 14.2 Å². The summed E-state index contributed by atoms with van der Waals surface area (Å²) in [6.07, 6.45) is 0.215. The lowest BCUT2D eigenvalue weighted by Gasteiger charge is -2.24. The van der Waals surface area contributed by atoms with Crippen LogP contribution in [0, 0.1) is 5.41 Å². The predicted molar refractivity (Wildman–Crippen MR) is 102 cm³/mol. The Hall–Kier alpha value is -2.48. The number of hydrogen-bond acceptors (Lipinski definition) is 8. The van der Waals surface area contributed by atoms with Gasteiger partial charge in [0.1, 0.15) is 5.75 Å². The number of methoxy groups -OCH3 is 3. The van der Waals surface area contributed by atoms with Gasteiger partial charge in [0.15, 0.2) is 16.9 Å². The standard InChI is InChI=1S/C20H29NO7/c1-7-27-18(22)20(19(23)28-8-2)11-14(21(3)12-20)13-9-16(25-5)17(26-6)10-15(13)24-4/h9-10,14H,7-8,11-12H2,1-6H3. The van der Waals surface area contributed by atoms with Gasteiger partial charge in [-0.25, -0.2) is 0 Å². The van der Waals surface area contributed by atoms with Crippen LogP contribution in [0.1, 0.15) is 31.9 Å². The lowest BCUT2D eigenvalue weighted by molar-refractivity contribution is -0.171. The molecule has 0 aromatic heterocycles. The smallest absolute Gasteiger partial charge is 0.324 e. The summed E-state index contributed by atoms with van der Waals surface area (Å²) in [6, 6.07) is 3.27. The number of likely N-dealkylation sites (tertiary alicyclic amines) is 1. The minimum absolute atomic E-state index is 0.187. The first-order valence-corrected chi connectivity index (χ1v) is 9.23. The van der Waals surface area contributed by atoms with Crippen molar-refractivity contribution in [3.63, 3.8) is 0 Å². The summed E-state index contributed by atoms with van der Waals surface area (Å²) in [6.45, 7) is 3.99. The topological polar surface area (TPSA) is 83.5 Å². The molecular formula is C20H29NO7. The lowest BCUT2D eigenvalue weighted by atomic mass is 9.84. The second kappa shape index (κ2) is 9.14. The quantitative estimate of drug-likeness (QED) is 0.489. The molecule has 0 saturated carbocycles. The molecule has 1 saturated heterocycles. The van der Waals surface area contributed by atoms with Crippen LogP contribution >= 0.6 is 0 Å². The van der Waals surface area contributed by atoms with Gasteiger partial charge in [-0.05, 0) is 33.4 Å². The molecule has 0 bridgehead atoms. The average molecular weight is 395 g/mol. The van der Waals surface area contributed by atoms with Crippen molar-refractivity contribution in [1.29, 1.82) is 0 Å². The van der Waals surface area contributed by atoms with E-state index in [0.29, 0.717) is 17.2 Å². The first kappa shape index (κ1) is 21.8. The summed E-state index contributed by atoms with van der Waals surface area (Å²) in [7, 11) is 6.50. The minimum atomic E-state index is -1.39. The maximum absolute atomic E-state index is 12.8. The van der Waals surface area contributed by atoms with Crippen LogP contribution in [0.4, 0.5) is 0 Å². The number of rotatable bonds is 8. The molecule has 8 nitrogen and oxygen atoms in total. The molecule has 0 N–H and O–H groups in total. The highest BCUT2D eigenvalue weighted by Gasteiger charge is 2.57. The first-order valence-electron chi connectivity index (χ1n) is 9.23. The summed E-state index contributed by atoms with van der Waals surface area (Å²) >= 11 is 0. The second-order valence-electron chi connectivity index (χ2n) is 6.61. The van der Waals surface area contributed by atoms with E-state index >= 15 is 0 Å². The highest BCUT2D eigenvalue weighted by molar-refractivity contribution is 6.01. The molecule has 0 spiro atoms. The van der Waals surface area contributed by atoms with Gasteiger partial charge in [-0.3, -0.25) is 14.5 Å². The zero-order valence-corrected chi connectivity index (χ0v) is 17.4. The van der Waals surface area contributed by atoms with Gasteiger partial charge in [-0.15, -0.1) is 0 Å². The van der Waals surface area contributed by atoms with Gasteiger partial charge in [0.05, 0.1) is 34.5 Å². The zero-order chi connectivity index (χ0) is 20.9. The molecule has 1 aromatic rings. The fourth-order valence-electron chi connectivity index (χ4n) is 3.66. The van der Waals surface area contributed by atoms with Gasteiger partial charge in [-0.1, -0.05) is 0 Å². The van der Waals surface area contributed by atoms with Gasteiger partial charge >= 0.3 is 11.9 Å². The van der Waals surface area contributed by atoms with Crippen LogP contribution in [0.3, 0.4) is 0 Å². The molecule has 8 heteroatoms. The Morgan fingerprint density at radius 2 is 1.46 bits per heavy atom. The molecular weight excluding hydrogens is 366 g/mol. The Morgan fingerprint density at radius 1 is 0.964 bits per heavy atom. The van der Waals surface area contributed by atoms with Crippen molar-refractivity contribution in [2.24, 2.45) is 5.41 Å². The van der Waals surface area contributed by atoms with Crippen molar-refractivity contribution < 1.29 is 33.3 Å². The number of ether oxygens (including phenoxy) is 5. The summed E-state index contributed by atoms with van der Waals surface area (Å²) < 4.78 is 26.7. The van der Waals surface area contributed by atoms with Crippen molar-refractivity contribution in [2.75, 3.05) is 48.1 Å². The highest BCUT2D eigenvalue weighted by atomic mass is 16.6. The molecule has 1 unspecified atom stereocenters. The zero-order valence-electron chi connectivity index (χ0n) is 17.4. The molecule has 1 fully saturated rings. The monoisotopic (exact) mass is 395 g/mol. The first-order chi connectivity index (χ1) is 13.4. The molecule has 1 aromatic carbocycles. The van der Waals surface area contributed by atoms with Gasteiger partial charge < -0.3 is 23.7 Å². The highest BCUT2D eigenvalue weighted by Crippen LogP contribution is 2.48. The van der Waals surface area contributed by atoms with Crippen LogP contribution in [0.5, 0.6) is 17.2 Å². The van der Waals surface area contributed by atoms with Gasteiger partial charge in [-0.2, -0.15) is 0 Å². The number of hydrogen-bond donors (Lipinski definition) is 0. The van der Waals surface area contributed by atoms with Crippen molar-refractivity contribution >= 4 is 11.9 Å². The molecule has 2 rings (SSSR count). The van der Waals surface area contributed by atoms with E-state index in [0.717, 1.165) is 5.56 Å². The Morgan fingerprint density at radius 3 is 1.93 bits per heavy atom. The van der Waals surface area contributed by atoms with Crippen LogP contribution in [-0.2, 0) is 19.1 Å². The fourth-order valence-corrected chi connectivity index (χ4v) is 3.66. The van der Waals surface area contributed by atoms with E-state index in [4.69, 9.17) is 23.7 Å². The summed E-state index contributed by atoms with van der Waals surface area (Å²) in [5.74, 6) is 0.518. The summed E-state index contributed by atoms with van der Waals surface area (Å²) in [4.78, 5) is 27.4. The maximum Gasteiger partial charge on any atom is 0.324 e. The molecule has 1 heterocycles. The van der Waals surface area contributed by atoms with Crippen molar-refractivity contribution in [1.82, 2.24) is 4.90 Å². The van der Waals surface area contributed by atoms with Gasteiger partial charge in [0, 0.05) is 24.2 Å². The van der Waals surface area contributed by atoms with E-state index in [1.807, 2.05) is 18.0 Å². The number of carbonyl (C=O) groups excluding carboxylic acids is 2. The molecule has 0 aliphatic carbocycles. The number of nitrogens with zero attached hydrogens (tertiary/aromatic N) is 1. The molecule has 28 heavy (non-hydrogen) atoms. The number of esters is 2. The Bertz CT molecular complexity index is 701. The van der Waals surface area contributed by atoms with Crippen molar-refractivity contribution in [3.05, 3.63) is 17.7 Å². The Kier molecular flexibility index (Phi) is 7.12. The van der Waals surface area contributed by atoms with Crippen molar-refractivity contribution in [3.8, 4) is 17.2 Å². The third kappa shape index (κ3) is 3.87. The minimum Gasteiger partial charge on any atom is -0.496 e. The van der Waals surface area contributed by atoms with Gasteiger partial charge in [0.25, 0.3) is 0 Å². The van der Waals surface area contributed by atoms with Crippen LogP contribution in [-0.4, -0.2) is 65.0 Å². The SMILES string of the molecule is CCOC(=O)C1(C(=O)OCC)CC(c2cc(OC)c(OC)cc2OC)N(C)C1. The molecule has 1 aliphatic rings. The summed E-state index contributed by atoms with van der Waals surface area (Å²) in [5.41, 5.74) is -0.595. The largest absolute Gasteiger partial charge is 0.496 e. The lowest BCUT2D eigenvalue weighted by Crippen LogP contribution is -2.44. The van der Waals surface area contributed by atoms with Gasteiger partial charge in [0.2, 0.25) is 0 Å². The van der Waals surface area contributed by atoms with E-state index in [-0.39, 0.29) is 32.2 Å². The van der Waals surface area contributed by atoms with E-state index in [1.165, 1.54) is 0 Å². The average Bonchev–Trinajstić information content (AvgIpc) is 3.05. The Labute approximate surface area is 165 Å².